The van der Waals surface area contributed by atoms with Crippen molar-refractivity contribution in [1.29, 1.82) is 0 Å². The van der Waals surface area contributed by atoms with Gasteiger partial charge in [0.1, 0.15) is 12.1 Å². The molecule has 0 bridgehead atoms. The van der Waals surface area contributed by atoms with E-state index in [1.807, 2.05) is 7.05 Å². The smallest absolute Gasteiger partial charge is 0.226 e. The number of aromatic nitrogens is 1. The molecule has 0 aliphatic carbocycles. The summed E-state index contributed by atoms with van der Waals surface area (Å²) in [7, 11) is 1.90. The Morgan fingerprint density at radius 3 is 3.00 bits per heavy atom. The Kier molecular flexibility index (Phi) is 3.54. The molecular weight excluding hydrogens is 219 g/mol. The van der Waals surface area contributed by atoms with Crippen LogP contribution in [0, 0.1) is 5.82 Å². The lowest BCUT2D eigenvalue weighted by molar-refractivity contribution is 0.563. The van der Waals surface area contributed by atoms with Gasteiger partial charge in [0.05, 0.1) is 5.69 Å². The number of hydrogen-bond donors (Lipinski definition) is 1. The van der Waals surface area contributed by atoms with E-state index < -0.39 is 0 Å². The van der Waals surface area contributed by atoms with Crippen molar-refractivity contribution in [2.24, 2.45) is 0 Å². The van der Waals surface area contributed by atoms with Crippen LogP contribution in [-0.4, -0.2) is 18.1 Å². The molecule has 3 nitrogen and oxygen atoms in total. The van der Waals surface area contributed by atoms with E-state index in [4.69, 9.17) is 4.42 Å². The number of likely N-dealkylation sites (N-methyl/N-ethyl adjacent to an activating group) is 1. The standard InChI is InChI=1S/C13H15FN2O/c1-9(15-2)6-12-8-17-13(16-12)10-4-3-5-11(14)7-10/h3-5,7-9,15H,6H2,1-2H3. The second-order valence-electron chi connectivity index (χ2n) is 4.05. The van der Waals surface area contributed by atoms with Crippen LogP contribution in [-0.2, 0) is 6.42 Å². The molecule has 0 saturated heterocycles. The largest absolute Gasteiger partial charge is 0.444 e. The predicted octanol–water partition coefficient (Wildman–Crippen LogP) is 2.63. The highest BCUT2D eigenvalue weighted by molar-refractivity contribution is 5.52. The number of oxazole rings is 1. The summed E-state index contributed by atoms with van der Waals surface area (Å²) in [5, 5.41) is 3.13. The van der Waals surface area contributed by atoms with E-state index in [0.717, 1.165) is 12.1 Å². The zero-order valence-corrected chi connectivity index (χ0v) is 9.90. The maximum Gasteiger partial charge on any atom is 0.226 e. The fourth-order valence-electron chi connectivity index (χ4n) is 1.57. The van der Waals surface area contributed by atoms with Crippen LogP contribution in [0.25, 0.3) is 11.5 Å². The Morgan fingerprint density at radius 2 is 2.29 bits per heavy atom. The van der Waals surface area contributed by atoms with Crippen LogP contribution in [0.15, 0.2) is 34.9 Å². The summed E-state index contributed by atoms with van der Waals surface area (Å²) in [4.78, 5) is 4.34. The Bertz CT molecular complexity index is 496. The molecule has 90 valence electrons. The van der Waals surface area contributed by atoms with Crippen molar-refractivity contribution in [1.82, 2.24) is 10.3 Å². The summed E-state index contributed by atoms with van der Waals surface area (Å²) < 4.78 is 18.4. The van der Waals surface area contributed by atoms with E-state index in [1.165, 1.54) is 12.1 Å². The molecular formula is C13H15FN2O. The Hall–Kier alpha value is -1.68. The molecule has 0 aliphatic rings. The van der Waals surface area contributed by atoms with Gasteiger partial charge in [-0.2, -0.15) is 0 Å². The van der Waals surface area contributed by atoms with E-state index in [9.17, 15) is 4.39 Å². The quantitative estimate of drug-likeness (QED) is 0.883. The first kappa shape index (κ1) is 11.8. The van der Waals surface area contributed by atoms with Crippen molar-refractivity contribution in [2.45, 2.75) is 19.4 Å². The van der Waals surface area contributed by atoms with E-state index in [-0.39, 0.29) is 5.82 Å². The molecule has 1 N–H and O–H groups in total. The van der Waals surface area contributed by atoms with Gasteiger partial charge in [-0.1, -0.05) is 6.07 Å². The van der Waals surface area contributed by atoms with Crippen LogP contribution < -0.4 is 5.32 Å². The first-order valence-corrected chi connectivity index (χ1v) is 5.56. The highest BCUT2D eigenvalue weighted by Crippen LogP contribution is 2.19. The zero-order chi connectivity index (χ0) is 12.3. The highest BCUT2D eigenvalue weighted by atomic mass is 19.1. The first-order chi connectivity index (χ1) is 8.19. The minimum Gasteiger partial charge on any atom is -0.444 e. The van der Waals surface area contributed by atoms with Crippen molar-refractivity contribution in [3.8, 4) is 11.5 Å². The SMILES string of the molecule is CNC(C)Cc1coc(-c2cccc(F)c2)n1. The fourth-order valence-corrected chi connectivity index (χ4v) is 1.57. The number of nitrogens with zero attached hydrogens (tertiary/aromatic N) is 1. The van der Waals surface area contributed by atoms with Gasteiger partial charge in [0, 0.05) is 18.0 Å². The number of hydrogen-bond acceptors (Lipinski definition) is 3. The highest BCUT2D eigenvalue weighted by Gasteiger charge is 2.09. The summed E-state index contributed by atoms with van der Waals surface area (Å²) >= 11 is 0. The van der Waals surface area contributed by atoms with Gasteiger partial charge in [-0.3, -0.25) is 0 Å². The van der Waals surface area contributed by atoms with Crippen molar-refractivity contribution in [3.05, 3.63) is 42.0 Å². The van der Waals surface area contributed by atoms with Gasteiger partial charge in [0.2, 0.25) is 5.89 Å². The first-order valence-electron chi connectivity index (χ1n) is 5.56. The molecule has 4 heteroatoms. The average molecular weight is 234 g/mol. The van der Waals surface area contributed by atoms with E-state index in [2.05, 4.69) is 17.2 Å². The summed E-state index contributed by atoms with van der Waals surface area (Å²) in [6, 6.07) is 6.57. The van der Waals surface area contributed by atoms with Crippen LogP contribution in [0.5, 0.6) is 0 Å². The number of rotatable bonds is 4. The molecule has 2 rings (SSSR count). The third kappa shape index (κ3) is 2.91. The van der Waals surface area contributed by atoms with Crippen LogP contribution in [0.3, 0.4) is 0 Å². The molecule has 0 amide bonds. The number of benzene rings is 1. The second kappa shape index (κ2) is 5.10. The molecule has 1 unspecified atom stereocenters. The topological polar surface area (TPSA) is 38.1 Å². The van der Waals surface area contributed by atoms with Gasteiger partial charge >= 0.3 is 0 Å². The average Bonchev–Trinajstić information content (AvgIpc) is 2.77. The molecule has 0 spiro atoms. The van der Waals surface area contributed by atoms with Crippen LogP contribution in [0.2, 0.25) is 0 Å². The molecule has 1 aromatic carbocycles. The van der Waals surface area contributed by atoms with Gasteiger partial charge in [0.15, 0.2) is 0 Å². The van der Waals surface area contributed by atoms with Gasteiger partial charge in [0.25, 0.3) is 0 Å². The lowest BCUT2D eigenvalue weighted by Crippen LogP contribution is -2.23. The fraction of sp³-hybridized carbons (Fsp3) is 0.308. The third-order valence-electron chi connectivity index (χ3n) is 2.63. The predicted molar refractivity (Wildman–Crippen MR) is 64.1 cm³/mol. The Balaban J connectivity index is 2.18. The van der Waals surface area contributed by atoms with Gasteiger partial charge in [-0.15, -0.1) is 0 Å². The minimum atomic E-state index is -0.286. The van der Waals surface area contributed by atoms with E-state index >= 15 is 0 Å². The summed E-state index contributed by atoms with van der Waals surface area (Å²) in [6.07, 6.45) is 2.41. The second-order valence-corrected chi connectivity index (χ2v) is 4.05. The Morgan fingerprint density at radius 1 is 1.47 bits per heavy atom. The lowest BCUT2D eigenvalue weighted by Gasteiger charge is -2.05. The molecule has 0 saturated carbocycles. The molecule has 1 atom stereocenters. The van der Waals surface area contributed by atoms with Gasteiger partial charge < -0.3 is 9.73 Å². The molecule has 17 heavy (non-hydrogen) atoms. The van der Waals surface area contributed by atoms with Crippen LogP contribution in [0.4, 0.5) is 4.39 Å². The van der Waals surface area contributed by atoms with E-state index in [0.29, 0.717) is 17.5 Å². The maximum absolute atomic E-state index is 13.0. The minimum absolute atomic E-state index is 0.286. The van der Waals surface area contributed by atoms with Gasteiger partial charge in [-0.05, 0) is 32.2 Å². The summed E-state index contributed by atoms with van der Waals surface area (Å²) in [5.74, 6) is 0.175. The maximum atomic E-state index is 13.0. The van der Waals surface area contributed by atoms with Gasteiger partial charge in [-0.25, -0.2) is 9.37 Å². The molecule has 2 aromatic rings. The Labute approximate surface area is 99.7 Å². The summed E-state index contributed by atoms with van der Waals surface area (Å²) in [6.45, 7) is 2.07. The third-order valence-corrected chi connectivity index (χ3v) is 2.63. The summed E-state index contributed by atoms with van der Waals surface area (Å²) in [5.41, 5.74) is 1.53. The normalized spacial score (nSPS) is 12.6. The number of nitrogens with one attached hydrogen (secondary N) is 1. The van der Waals surface area contributed by atoms with Crippen molar-refractivity contribution < 1.29 is 8.81 Å². The van der Waals surface area contributed by atoms with Crippen LogP contribution in [0.1, 0.15) is 12.6 Å². The molecule has 1 heterocycles. The number of halogens is 1. The monoisotopic (exact) mass is 234 g/mol. The molecule has 0 radical (unpaired) electrons. The molecule has 0 aliphatic heterocycles. The van der Waals surface area contributed by atoms with Crippen molar-refractivity contribution >= 4 is 0 Å². The lowest BCUT2D eigenvalue weighted by atomic mass is 10.2. The van der Waals surface area contributed by atoms with E-state index in [1.54, 1.807) is 18.4 Å². The van der Waals surface area contributed by atoms with Crippen LogP contribution >= 0.6 is 0 Å². The molecule has 0 fully saturated rings. The van der Waals surface area contributed by atoms with Crippen molar-refractivity contribution in [2.75, 3.05) is 7.05 Å². The zero-order valence-electron chi connectivity index (χ0n) is 9.90. The van der Waals surface area contributed by atoms with Crippen molar-refractivity contribution in [3.63, 3.8) is 0 Å². The molecule has 1 aromatic heterocycles.